The Morgan fingerprint density at radius 2 is 2.05 bits per heavy atom. The number of hydrogen-bond donors (Lipinski definition) is 4. The number of benzene rings is 2. The Kier molecular flexibility index (Phi) is 6.12. The number of nitrogens with zero attached hydrogens (tertiary/aromatic N) is 3. The van der Waals surface area contributed by atoms with Gasteiger partial charge in [0.05, 0.1) is 32.9 Å². The largest absolute Gasteiger partial charge is 0.378 e. The Morgan fingerprint density at radius 1 is 1.29 bits per heavy atom. The monoisotopic (exact) mass is 529 g/mol. The van der Waals surface area contributed by atoms with Crippen molar-refractivity contribution in [3.05, 3.63) is 76.5 Å². The van der Waals surface area contributed by atoms with Crippen LogP contribution in [0.5, 0.6) is 0 Å². The molecule has 2 saturated carbocycles. The van der Waals surface area contributed by atoms with E-state index in [0.717, 1.165) is 60.1 Å². The zero-order valence-electron chi connectivity index (χ0n) is 21.5. The Hall–Kier alpha value is -3.48. The molecule has 194 valence electrons. The molecule has 0 spiro atoms. The van der Waals surface area contributed by atoms with Gasteiger partial charge >= 0.3 is 0 Å². The third kappa shape index (κ3) is 4.32. The normalized spacial score (nSPS) is 19.6. The van der Waals surface area contributed by atoms with Crippen LogP contribution in [-0.2, 0) is 5.44 Å². The van der Waals surface area contributed by atoms with Gasteiger partial charge in [0.1, 0.15) is 19.7 Å². The molecule has 1 atom stereocenters. The summed E-state index contributed by atoms with van der Waals surface area (Å²) in [6.45, 7) is 2.18. The highest BCUT2D eigenvalue weighted by Gasteiger charge is 2.39. The summed E-state index contributed by atoms with van der Waals surface area (Å²) in [5.74, 6) is -0.289. The van der Waals surface area contributed by atoms with E-state index in [9.17, 15) is 9.65 Å². The fourth-order valence-electron chi connectivity index (χ4n) is 5.49. The maximum atomic E-state index is 13.9. The van der Waals surface area contributed by atoms with Gasteiger partial charge in [0.2, 0.25) is 0 Å². The van der Waals surface area contributed by atoms with Crippen LogP contribution in [0.1, 0.15) is 56.6 Å². The molecule has 10 heteroatoms. The Bertz CT molecular complexity index is 1460. The van der Waals surface area contributed by atoms with Crippen LogP contribution in [-0.4, -0.2) is 29.4 Å². The lowest BCUT2D eigenvalue weighted by molar-refractivity contribution is 0.260. The lowest BCUT2D eigenvalue weighted by Gasteiger charge is -2.43. The van der Waals surface area contributed by atoms with Crippen molar-refractivity contribution < 1.29 is 4.39 Å². The third-order valence-corrected chi connectivity index (χ3v) is 8.59. The van der Waals surface area contributed by atoms with Gasteiger partial charge in [-0.05, 0) is 68.4 Å². The first-order valence-electron chi connectivity index (χ1n) is 13.2. The second-order valence-corrected chi connectivity index (χ2v) is 11.2. The summed E-state index contributed by atoms with van der Waals surface area (Å²) >= 11 is 6.80. The van der Waals surface area contributed by atoms with E-state index in [1.165, 1.54) is 18.6 Å². The molecule has 1 aromatic heterocycles. The molecule has 0 bridgehead atoms. The van der Waals surface area contributed by atoms with E-state index < -0.39 is 5.44 Å². The molecule has 6 rings (SSSR count). The van der Waals surface area contributed by atoms with Crippen molar-refractivity contribution in [1.29, 1.82) is 5.26 Å². The zero-order valence-corrected chi connectivity index (χ0v) is 22.3. The molecule has 38 heavy (non-hydrogen) atoms. The van der Waals surface area contributed by atoms with Gasteiger partial charge in [0.15, 0.2) is 0 Å². The number of rotatable bonds is 8. The molecule has 3 aliphatic rings. The highest BCUT2D eigenvalue weighted by molar-refractivity contribution is 6.36. The van der Waals surface area contributed by atoms with Crippen molar-refractivity contribution >= 4 is 41.7 Å². The van der Waals surface area contributed by atoms with E-state index in [1.807, 2.05) is 12.1 Å². The minimum Gasteiger partial charge on any atom is -0.378 e. The van der Waals surface area contributed by atoms with Crippen molar-refractivity contribution in [2.75, 3.05) is 10.6 Å². The quantitative estimate of drug-likeness (QED) is 0.310. The van der Waals surface area contributed by atoms with Crippen molar-refractivity contribution in [2.45, 2.75) is 62.5 Å². The first kappa shape index (κ1) is 24.8. The predicted octanol–water partition coefficient (Wildman–Crippen LogP) is 4.87. The van der Waals surface area contributed by atoms with Crippen LogP contribution in [0.15, 0.2) is 54.5 Å². The number of fused-ring (bicyclic) bond motifs is 1. The average Bonchev–Trinajstić information content (AvgIpc) is 3.62. The van der Waals surface area contributed by atoms with Crippen LogP contribution in [0.4, 0.5) is 15.8 Å². The summed E-state index contributed by atoms with van der Waals surface area (Å²) in [5.41, 5.74) is 10.3. The number of anilines is 2. The molecule has 0 amide bonds. The number of hydrogen-bond acceptors (Lipinski definition) is 7. The summed E-state index contributed by atoms with van der Waals surface area (Å²) in [4.78, 5) is 4.53. The Morgan fingerprint density at radius 3 is 2.68 bits per heavy atom. The van der Waals surface area contributed by atoms with E-state index in [1.54, 1.807) is 18.3 Å². The lowest BCUT2D eigenvalue weighted by atomic mass is 9.69. The molecule has 0 saturated heterocycles. The number of halogens is 2. The molecule has 7 nitrogen and oxygen atoms in total. The van der Waals surface area contributed by atoms with E-state index >= 15 is 0 Å². The van der Waals surface area contributed by atoms with Crippen LogP contribution >= 0.6 is 11.6 Å². The molecule has 3 aromatic rings. The molecule has 2 aromatic carbocycles. The number of pyridine rings is 1. The van der Waals surface area contributed by atoms with Crippen LogP contribution in [0, 0.1) is 17.1 Å². The second-order valence-electron chi connectivity index (χ2n) is 10.8. The molecule has 1 aliphatic heterocycles. The lowest BCUT2D eigenvalue weighted by Crippen LogP contribution is -2.45. The fraction of sp³-hybridized carbons (Fsp3) is 0.357. The first-order chi connectivity index (χ1) is 18.3. The van der Waals surface area contributed by atoms with Gasteiger partial charge in [0.25, 0.3) is 0 Å². The maximum Gasteiger partial charge on any atom is 0.148 e. The second kappa shape index (κ2) is 9.37. The maximum absolute atomic E-state index is 13.9. The van der Waals surface area contributed by atoms with Gasteiger partial charge in [-0.3, -0.25) is 9.99 Å². The van der Waals surface area contributed by atoms with Gasteiger partial charge in [-0.1, -0.05) is 30.7 Å². The van der Waals surface area contributed by atoms with Crippen LogP contribution in [0.2, 0.25) is 5.02 Å². The molecule has 2 heterocycles. The molecular weight excluding hydrogens is 500 g/mol. The van der Waals surface area contributed by atoms with E-state index in [2.05, 4.69) is 58.6 Å². The van der Waals surface area contributed by atoms with Gasteiger partial charge < -0.3 is 16.1 Å². The van der Waals surface area contributed by atoms with Gasteiger partial charge in [-0.2, -0.15) is 5.26 Å². The summed E-state index contributed by atoms with van der Waals surface area (Å²) < 4.78 is 13.9. The van der Waals surface area contributed by atoms with Crippen molar-refractivity contribution in [1.82, 2.24) is 21.0 Å². The van der Waals surface area contributed by atoms with Crippen molar-refractivity contribution in [3.63, 3.8) is 0 Å². The summed E-state index contributed by atoms with van der Waals surface area (Å²) in [7, 11) is 2.05. The summed E-state index contributed by atoms with van der Waals surface area (Å²) in [6, 6.07) is 13.2. The summed E-state index contributed by atoms with van der Waals surface area (Å²) in [5, 5.41) is 20.7. The Balaban J connectivity index is 1.45. The van der Waals surface area contributed by atoms with Crippen LogP contribution in [0.3, 0.4) is 0 Å². The minimum absolute atomic E-state index is 0.0189. The molecule has 0 radical (unpaired) electrons. The minimum atomic E-state index is -0.742. The number of nitrogens with one attached hydrogen (secondary N) is 4. The zero-order chi connectivity index (χ0) is 26.5. The van der Waals surface area contributed by atoms with Gasteiger partial charge in [-0.15, -0.1) is 5.53 Å². The number of hydrazine groups is 2. The van der Waals surface area contributed by atoms with Crippen molar-refractivity contribution in [3.8, 4) is 6.07 Å². The fourth-order valence-corrected chi connectivity index (χ4v) is 5.75. The van der Waals surface area contributed by atoms with E-state index in [4.69, 9.17) is 11.6 Å². The predicted molar refractivity (Wildman–Crippen MR) is 151 cm³/mol. The van der Waals surface area contributed by atoms with Gasteiger partial charge in [0, 0.05) is 35.1 Å². The van der Waals surface area contributed by atoms with Gasteiger partial charge in [-0.25, -0.2) is 4.39 Å². The number of aromatic nitrogens is 1. The molecular formula is C28H30BClFN7. The van der Waals surface area contributed by atoms with Crippen molar-refractivity contribution in [2.24, 2.45) is 0 Å². The van der Waals surface area contributed by atoms with E-state index in [0.29, 0.717) is 22.1 Å². The molecule has 2 aliphatic carbocycles. The standard InChI is InChI=1S/C28H30BClFN7/c1-2-27(10-3-11-27)35-25-17(14-32)15-33-26-22(25)12-20(13-23(26)30)34-28(29,18-4-6-19(31)7-5-18)24-16-38(37-36-24)21-8-9-21/h4-7,12-13,15-16,21,34,36-37H,2-3,8-11,29H2,1H3,(H,33,35). The first-order valence-corrected chi connectivity index (χ1v) is 13.6. The number of nitriles is 1. The smallest absolute Gasteiger partial charge is 0.148 e. The topological polar surface area (TPSA) is 88.0 Å². The molecule has 1 unspecified atom stereocenters. The third-order valence-electron chi connectivity index (χ3n) is 8.31. The van der Waals surface area contributed by atoms with Crippen LogP contribution < -0.4 is 21.6 Å². The molecule has 4 N–H and O–H groups in total. The van der Waals surface area contributed by atoms with Crippen LogP contribution in [0.25, 0.3) is 10.9 Å². The highest BCUT2D eigenvalue weighted by Crippen LogP contribution is 2.42. The highest BCUT2D eigenvalue weighted by atomic mass is 35.5. The Labute approximate surface area is 227 Å². The molecule has 2 fully saturated rings. The average molecular weight is 530 g/mol. The van der Waals surface area contributed by atoms with E-state index in [-0.39, 0.29) is 11.4 Å². The SMILES string of the molecule is BC(Nc1cc(Cl)c2ncc(C#N)c(NC3(CC)CCC3)c2c1)(C1=CN(C2CC2)NN1)c1ccc(F)cc1. The summed E-state index contributed by atoms with van der Waals surface area (Å²) in [6.07, 6.45) is 10.2.